The summed E-state index contributed by atoms with van der Waals surface area (Å²) in [7, 11) is -1.63. The van der Waals surface area contributed by atoms with Gasteiger partial charge in [0.05, 0.1) is 0 Å². The highest BCUT2D eigenvalue weighted by Gasteiger charge is 2.16. The number of benzene rings is 2. The van der Waals surface area contributed by atoms with E-state index in [2.05, 4.69) is 62.1 Å². The molecule has 0 bridgehead atoms. The van der Waals surface area contributed by atoms with E-state index < -0.39 is 8.32 Å². The summed E-state index contributed by atoms with van der Waals surface area (Å²) in [6.07, 6.45) is 6.24. The van der Waals surface area contributed by atoms with Gasteiger partial charge in [-0.15, -0.1) is 0 Å². The van der Waals surface area contributed by atoms with Crippen molar-refractivity contribution in [3.05, 3.63) is 83.6 Å². The number of rotatable bonds is 5. The second-order valence-electron chi connectivity index (χ2n) is 5.92. The Morgan fingerprint density at radius 1 is 0.810 bits per heavy atom. The molecule has 0 aliphatic heterocycles. The first-order valence-electron chi connectivity index (χ1n) is 7.22. The second-order valence-corrected chi connectivity index (χ2v) is 10.3. The molecule has 0 heterocycles. The minimum atomic E-state index is -1.63. The Labute approximate surface area is 128 Å². The normalized spacial score (nSPS) is 12.6. The van der Waals surface area contributed by atoms with Gasteiger partial charge in [-0.2, -0.15) is 0 Å². The van der Waals surface area contributed by atoms with E-state index in [1.807, 2.05) is 36.4 Å². The summed E-state index contributed by atoms with van der Waals surface area (Å²) in [5, 5.41) is 0. The van der Waals surface area contributed by atoms with Crippen LogP contribution >= 0.6 is 0 Å². The molecule has 2 heteroatoms. The maximum Gasteiger partial charge on any atom is 0.242 e. The van der Waals surface area contributed by atoms with Gasteiger partial charge < -0.3 is 4.43 Å². The zero-order valence-corrected chi connectivity index (χ0v) is 13.9. The largest absolute Gasteiger partial charge is 0.544 e. The quantitative estimate of drug-likeness (QED) is 0.396. The third-order valence-electron chi connectivity index (χ3n) is 2.77. The molecular weight excluding hydrogens is 272 g/mol. The third-order valence-corrected chi connectivity index (χ3v) is 3.62. The molecular formula is C19H22OSi. The van der Waals surface area contributed by atoms with Gasteiger partial charge in [-0.25, -0.2) is 0 Å². The third kappa shape index (κ3) is 5.84. The van der Waals surface area contributed by atoms with Crippen molar-refractivity contribution < 1.29 is 4.43 Å². The molecule has 21 heavy (non-hydrogen) atoms. The average molecular weight is 294 g/mol. The van der Waals surface area contributed by atoms with Crippen molar-refractivity contribution in [3.63, 3.8) is 0 Å². The lowest BCUT2D eigenvalue weighted by molar-refractivity contribution is 0.447. The molecule has 2 aromatic rings. The summed E-state index contributed by atoms with van der Waals surface area (Å²) in [6.45, 7) is 6.59. The van der Waals surface area contributed by atoms with E-state index in [0.717, 1.165) is 11.3 Å². The minimum Gasteiger partial charge on any atom is -0.544 e. The number of allylic oxidation sites excluding steroid dienone is 1. The maximum absolute atomic E-state index is 6.18. The highest BCUT2D eigenvalue weighted by atomic mass is 28.4. The Bertz CT molecular complexity index is 607. The van der Waals surface area contributed by atoms with Gasteiger partial charge in [0.2, 0.25) is 8.32 Å². The van der Waals surface area contributed by atoms with Crippen LogP contribution in [0.15, 0.2) is 72.5 Å². The topological polar surface area (TPSA) is 9.23 Å². The van der Waals surface area contributed by atoms with E-state index in [4.69, 9.17) is 4.43 Å². The molecule has 2 aromatic carbocycles. The van der Waals surface area contributed by atoms with Crippen LogP contribution in [0.1, 0.15) is 11.1 Å². The Kier molecular flexibility index (Phi) is 5.18. The smallest absolute Gasteiger partial charge is 0.242 e. The Balaban J connectivity index is 2.24. The molecule has 1 nitrogen and oxygen atoms in total. The summed E-state index contributed by atoms with van der Waals surface area (Å²) >= 11 is 0. The summed E-state index contributed by atoms with van der Waals surface area (Å²) in [5.74, 6) is 0.921. The van der Waals surface area contributed by atoms with Gasteiger partial charge in [0.25, 0.3) is 0 Å². The molecule has 0 radical (unpaired) electrons. The zero-order valence-electron chi connectivity index (χ0n) is 12.9. The first kappa shape index (κ1) is 15.3. The van der Waals surface area contributed by atoms with Gasteiger partial charge in [-0.3, -0.25) is 0 Å². The van der Waals surface area contributed by atoms with Gasteiger partial charge in [0.15, 0.2) is 0 Å². The van der Waals surface area contributed by atoms with Crippen LogP contribution in [0.2, 0.25) is 19.6 Å². The van der Waals surface area contributed by atoms with Crippen molar-refractivity contribution in [2.24, 2.45) is 0 Å². The van der Waals surface area contributed by atoms with Gasteiger partial charge in [-0.1, -0.05) is 66.7 Å². The molecule has 0 atom stereocenters. The molecule has 0 saturated heterocycles. The molecule has 0 N–H and O–H groups in total. The van der Waals surface area contributed by atoms with Gasteiger partial charge >= 0.3 is 0 Å². The molecule has 0 aromatic heterocycles. The predicted molar refractivity (Wildman–Crippen MR) is 94.3 cm³/mol. The van der Waals surface area contributed by atoms with Crippen LogP contribution < -0.4 is 0 Å². The van der Waals surface area contributed by atoms with Crippen molar-refractivity contribution in [2.75, 3.05) is 0 Å². The van der Waals surface area contributed by atoms with Crippen LogP contribution in [0, 0.1) is 0 Å². The summed E-state index contributed by atoms with van der Waals surface area (Å²) in [6, 6.07) is 20.6. The zero-order chi connectivity index (χ0) is 15.1. The van der Waals surface area contributed by atoms with Crippen molar-refractivity contribution >= 4 is 20.5 Å². The Hall–Kier alpha value is -2.06. The maximum atomic E-state index is 6.18. The standard InChI is InChI=1S/C19H22OSi/c1-21(2,3)20-19(16-18-12-8-5-9-13-18)15-14-17-10-6-4-7-11-17/h4-16H,1-3H3/b15-14+,19-16-. The van der Waals surface area contributed by atoms with Gasteiger partial charge in [0, 0.05) is 0 Å². The van der Waals surface area contributed by atoms with E-state index in [1.165, 1.54) is 5.56 Å². The second kappa shape index (κ2) is 7.09. The van der Waals surface area contributed by atoms with Gasteiger partial charge in [0.1, 0.15) is 5.76 Å². The van der Waals surface area contributed by atoms with Crippen LogP contribution in [0.3, 0.4) is 0 Å². The lowest BCUT2D eigenvalue weighted by Gasteiger charge is -2.20. The number of hydrogen-bond acceptors (Lipinski definition) is 1. The Morgan fingerprint density at radius 3 is 1.86 bits per heavy atom. The lowest BCUT2D eigenvalue weighted by atomic mass is 10.1. The average Bonchev–Trinajstić information content (AvgIpc) is 2.45. The molecule has 0 fully saturated rings. The summed E-state index contributed by atoms with van der Waals surface area (Å²) < 4.78 is 6.18. The Morgan fingerprint density at radius 2 is 1.33 bits per heavy atom. The van der Waals surface area contributed by atoms with Gasteiger partial charge in [-0.05, 0) is 42.9 Å². The first-order chi connectivity index (χ1) is 10.0. The van der Waals surface area contributed by atoms with Crippen molar-refractivity contribution in [1.82, 2.24) is 0 Å². The summed E-state index contributed by atoms with van der Waals surface area (Å²) in [5.41, 5.74) is 2.33. The lowest BCUT2D eigenvalue weighted by Crippen LogP contribution is -2.24. The van der Waals surface area contributed by atoms with Crippen molar-refractivity contribution in [1.29, 1.82) is 0 Å². The monoisotopic (exact) mass is 294 g/mol. The first-order valence-corrected chi connectivity index (χ1v) is 10.6. The van der Waals surface area contributed by atoms with E-state index in [9.17, 15) is 0 Å². The van der Waals surface area contributed by atoms with E-state index in [0.29, 0.717) is 0 Å². The molecule has 0 saturated carbocycles. The fourth-order valence-electron chi connectivity index (χ4n) is 1.92. The van der Waals surface area contributed by atoms with E-state index in [1.54, 1.807) is 0 Å². The molecule has 0 amide bonds. The highest BCUT2D eigenvalue weighted by molar-refractivity contribution is 6.70. The van der Waals surface area contributed by atoms with Crippen LogP contribution in [-0.4, -0.2) is 8.32 Å². The SMILES string of the molecule is C[Si](C)(C)OC(=C\c1ccccc1)/C=C/c1ccccc1. The van der Waals surface area contributed by atoms with Crippen molar-refractivity contribution in [2.45, 2.75) is 19.6 Å². The minimum absolute atomic E-state index is 0.921. The molecule has 108 valence electrons. The molecule has 0 spiro atoms. The summed E-state index contributed by atoms with van der Waals surface area (Å²) in [4.78, 5) is 0. The van der Waals surface area contributed by atoms with Crippen LogP contribution in [0.25, 0.3) is 12.2 Å². The molecule has 0 unspecified atom stereocenters. The van der Waals surface area contributed by atoms with Crippen LogP contribution in [0.5, 0.6) is 0 Å². The van der Waals surface area contributed by atoms with Crippen LogP contribution in [-0.2, 0) is 4.43 Å². The highest BCUT2D eigenvalue weighted by Crippen LogP contribution is 2.17. The van der Waals surface area contributed by atoms with Crippen molar-refractivity contribution in [3.8, 4) is 0 Å². The number of hydrogen-bond donors (Lipinski definition) is 0. The molecule has 2 rings (SSSR count). The van der Waals surface area contributed by atoms with Crippen LogP contribution in [0.4, 0.5) is 0 Å². The fourth-order valence-corrected chi connectivity index (χ4v) is 2.76. The van der Waals surface area contributed by atoms with E-state index in [-0.39, 0.29) is 0 Å². The molecule has 0 aliphatic rings. The fraction of sp³-hybridized carbons (Fsp3) is 0.158. The van der Waals surface area contributed by atoms with E-state index >= 15 is 0 Å². The predicted octanol–water partition coefficient (Wildman–Crippen LogP) is 5.59. The molecule has 0 aliphatic carbocycles.